The first-order valence-corrected chi connectivity index (χ1v) is 7.93. The predicted octanol–water partition coefficient (Wildman–Crippen LogP) is 3.01. The number of benzene rings is 1. The Morgan fingerprint density at radius 3 is 2.68 bits per heavy atom. The van der Waals surface area contributed by atoms with Gasteiger partial charge in [-0.2, -0.15) is 0 Å². The van der Waals surface area contributed by atoms with Crippen LogP contribution >= 0.6 is 0 Å². The number of nitrogens with one attached hydrogen (secondary N) is 1. The van der Waals surface area contributed by atoms with Crippen LogP contribution < -0.4 is 5.32 Å². The molecule has 0 aliphatic heterocycles. The molecule has 118 valence electrons. The molecule has 2 aromatic rings. The predicted molar refractivity (Wildman–Crippen MR) is 85.8 cm³/mol. The van der Waals surface area contributed by atoms with Crippen LogP contribution in [0.3, 0.4) is 0 Å². The van der Waals surface area contributed by atoms with Crippen molar-refractivity contribution in [3.05, 3.63) is 35.1 Å². The average molecular weight is 301 g/mol. The molecule has 1 aliphatic carbocycles. The van der Waals surface area contributed by atoms with Gasteiger partial charge in [0.2, 0.25) is 5.91 Å². The zero-order chi connectivity index (χ0) is 15.7. The molecule has 2 N–H and O–H groups in total. The Balaban J connectivity index is 1.67. The molecule has 0 spiro atoms. The maximum Gasteiger partial charge on any atom is 0.224 e. The summed E-state index contributed by atoms with van der Waals surface area (Å²) in [4.78, 5) is 12.1. The summed E-state index contributed by atoms with van der Waals surface area (Å²) in [6, 6.07) is 4.08. The Morgan fingerprint density at radius 1 is 1.27 bits per heavy atom. The van der Waals surface area contributed by atoms with Crippen molar-refractivity contribution in [1.29, 1.82) is 0 Å². The van der Waals surface area contributed by atoms with Gasteiger partial charge >= 0.3 is 0 Å². The normalized spacial score (nSPS) is 17.0. The van der Waals surface area contributed by atoms with Crippen LogP contribution in [0.4, 0.5) is 0 Å². The molecule has 3 rings (SSSR count). The molecule has 1 heterocycles. The first-order chi connectivity index (χ1) is 10.5. The van der Waals surface area contributed by atoms with Gasteiger partial charge in [-0.15, -0.1) is 0 Å². The molecule has 0 unspecified atom stereocenters. The summed E-state index contributed by atoms with van der Waals surface area (Å²) in [5.41, 5.74) is 3.38. The minimum Gasteiger partial charge on any atom is -0.464 e. The van der Waals surface area contributed by atoms with Gasteiger partial charge in [-0.25, -0.2) is 0 Å². The monoisotopic (exact) mass is 301 g/mol. The first kappa shape index (κ1) is 15.1. The zero-order valence-electron chi connectivity index (χ0n) is 13.2. The van der Waals surface area contributed by atoms with Gasteiger partial charge in [-0.1, -0.05) is 12.8 Å². The van der Waals surface area contributed by atoms with Crippen LogP contribution in [-0.4, -0.2) is 23.2 Å². The minimum atomic E-state index is -0.707. The highest BCUT2D eigenvalue weighted by atomic mass is 16.3. The van der Waals surface area contributed by atoms with Crippen LogP contribution in [0.1, 0.15) is 42.4 Å². The molecule has 1 amide bonds. The van der Waals surface area contributed by atoms with Gasteiger partial charge in [0.15, 0.2) is 0 Å². The van der Waals surface area contributed by atoms with Gasteiger partial charge in [-0.3, -0.25) is 4.79 Å². The standard InChI is InChI=1S/C18H23NO3/c1-12-7-15-14(10-22-16(15)8-13(12)2)9-17(20)19-11-18(21)5-3-4-6-18/h7-8,10,21H,3-6,9,11H2,1-2H3,(H,19,20). The van der Waals surface area contributed by atoms with E-state index in [1.54, 1.807) is 6.26 Å². The van der Waals surface area contributed by atoms with Crippen LogP contribution in [0.2, 0.25) is 0 Å². The summed E-state index contributed by atoms with van der Waals surface area (Å²) in [5, 5.41) is 14.1. The number of hydrogen-bond acceptors (Lipinski definition) is 3. The van der Waals surface area contributed by atoms with Gasteiger partial charge in [0, 0.05) is 17.5 Å². The molecule has 4 nitrogen and oxygen atoms in total. The van der Waals surface area contributed by atoms with Crippen LogP contribution in [0, 0.1) is 13.8 Å². The molecule has 0 saturated heterocycles. The van der Waals surface area contributed by atoms with Gasteiger partial charge in [0.1, 0.15) is 5.58 Å². The van der Waals surface area contributed by atoms with E-state index in [1.807, 2.05) is 13.0 Å². The number of fused-ring (bicyclic) bond motifs is 1. The Bertz CT molecular complexity index is 696. The second kappa shape index (κ2) is 5.76. The largest absolute Gasteiger partial charge is 0.464 e. The lowest BCUT2D eigenvalue weighted by atomic mass is 10.0. The molecule has 1 aromatic carbocycles. The number of furan rings is 1. The Kier molecular flexibility index (Phi) is 3.96. The average Bonchev–Trinajstić information content (AvgIpc) is 3.06. The maximum atomic E-state index is 12.1. The molecule has 0 radical (unpaired) electrons. The van der Waals surface area contributed by atoms with Crippen LogP contribution in [0.25, 0.3) is 11.0 Å². The summed E-state index contributed by atoms with van der Waals surface area (Å²) in [6.07, 6.45) is 5.58. The van der Waals surface area contributed by atoms with Crippen molar-refractivity contribution in [3.63, 3.8) is 0 Å². The third-order valence-corrected chi connectivity index (χ3v) is 4.77. The lowest BCUT2D eigenvalue weighted by molar-refractivity contribution is -0.121. The second-order valence-electron chi connectivity index (χ2n) is 6.58. The molecule has 1 aromatic heterocycles. The zero-order valence-corrected chi connectivity index (χ0v) is 13.2. The van der Waals surface area contributed by atoms with Crippen molar-refractivity contribution < 1.29 is 14.3 Å². The Morgan fingerprint density at radius 2 is 1.95 bits per heavy atom. The van der Waals surface area contributed by atoms with Crippen LogP contribution in [-0.2, 0) is 11.2 Å². The Hall–Kier alpha value is -1.81. The van der Waals surface area contributed by atoms with Crippen molar-refractivity contribution in [3.8, 4) is 0 Å². The van der Waals surface area contributed by atoms with E-state index >= 15 is 0 Å². The topological polar surface area (TPSA) is 62.5 Å². The number of amides is 1. The fraction of sp³-hybridized carbons (Fsp3) is 0.500. The molecular weight excluding hydrogens is 278 g/mol. The minimum absolute atomic E-state index is 0.0683. The van der Waals surface area contributed by atoms with Gasteiger partial charge in [-0.05, 0) is 49.9 Å². The Labute approximate surface area is 130 Å². The highest BCUT2D eigenvalue weighted by Gasteiger charge is 2.31. The third-order valence-electron chi connectivity index (χ3n) is 4.77. The molecule has 1 saturated carbocycles. The molecule has 0 atom stereocenters. The quantitative estimate of drug-likeness (QED) is 0.912. The van der Waals surface area contributed by atoms with Crippen LogP contribution in [0.15, 0.2) is 22.8 Å². The van der Waals surface area contributed by atoms with Gasteiger partial charge < -0.3 is 14.8 Å². The fourth-order valence-electron chi connectivity index (χ4n) is 3.18. The maximum absolute atomic E-state index is 12.1. The van der Waals surface area contributed by atoms with Crippen molar-refractivity contribution in [2.75, 3.05) is 6.54 Å². The number of hydrogen-bond donors (Lipinski definition) is 2. The van der Waals surface area contributed by atoms with Crippen molar-refractivity contribution in [1.82, 2.24) is 5.32 Å². The second-order valence-corrected chi connectivity index (χ2v) is 6.58. The van der Waals surface area contributed by atoms with Gasteiger partial charge in [0.05, 0.1) is 18.3 Å². The third kappa shape index (κ3) is 3.02. The first-order valence-electron chi connectivity index (χ1n) is 7.93. The van der Waals surface area contributed by atoms with Crippen molar-refractivity contribution in [2.45, 2.75) is 51.6 Å². The van der Waals surface area contributed by atoms with Gasteiger partial charge in [0.25, 0.3) is 0 Å². The molecule has 1 aliphatic rings. The van der Waals surface area contributed by atoms with E-state index in [4.69, 9.17) is 4.42 Å². The molecule has 0 bridgehead atoms. The highest BCUT2D eigenvalue weighted by molar-refractivity contribution is 5.88. The molecular formula is C18H23NO3. The summed E-state index contributed by atoms with van der Waals surface area (Å²) >= 11 is 0. The number of carbonyl (C=O) groups is 1. The number of rotatable bonds is 4. The van der Waals surface area contributed by atoms with Crippen molar-refractivity contribution in [2.24, 2.45) is 0 Å². The summed E-state index contributed by atoms with van der Waals surface area (Å²) in [6.45, 7) is 4.45. The lowest BCUT2D eigenvalue weighted by Gasteiger charge is -2.22. The van der Waals surface area contributed by atoms with E-state index in [0.717, 1.165) is 42.2 Å². The summed E-state index contributed by atoms with van der Waals surface area (Å²) < 4.78 is 5.55. The SMILES string of the molecule is Cc1cc2occ(CC(=O)NCC3(O)CCCC3)c2cc1C. The van der Waals surface area contributed by atoms with E-state index in [0.29, 0.717) is 6.54 Å². The molecule has 22 heavy (non-hydrogen) atoms. The molecule has 4 heteroatoms. The summed E-state index contributed by atoms with van der Waals surface area (Å²) in [7, 11) is 0. The number of carbonyl (C=O) groups excluding carboxylic acids is 1. The van der Waals surface area contributed by atoms with Crippen molar-refractivity contribution >= 4 is 16.9 Å². The van der Waals surface area contributed by atoms with E-state index < -0.39 is 5.60 Å². The fourth-order valence-corrected chi connectivity index (χ4v) is 3.18. The lowest BCUT2D eigenvalue weighted by Crippen LogP contribution is -2.41. The number of aryl methyl sites for hydroxylation is 2. The van der Waals surface area contributed by atoms with E-state index in [-0.39, 0.29) is 12.3 Å². The van der Waals surface area contributed by atoms with E-state index in [9.17, 15) is 9.90 Å². The number of aliphatic hydroxyl groups is 1. The highest BCUT2D eigenvalue weighted by Crippen LogP contribution is 2.29. The van der Waals surface area contributed by atoms with E-state index in [2.05, 4.69) is 18.3 Å². The van der Waals surface area contributed by atoms with Crippen LogP contribution in [0.5, 0.6) is 0 Å². The van der Waals surface area contributed by atoms with E-state index in [1.165, 1.54) is 11.1 Å². The molecule has 1 fully saturated rings. The smallest absolute Gasteiger partial charge is 0.224 e. The summed E-state index contributed by atoms with van der Waals surface area (Å²) in [5.74, 6) is -0.0683.